The average Bonchev–Trinajstić information content (AvgIpc) is 3.48. The molecule has 188 valence electrons. The molecule has 1 N–H and O–H groups in total. The van der Waals surface area contributed by atoms with E-state index in [1.54, 1.807) is 30.1 Å². The van der Waals surface area contributed by atoms with Crippen LogP contribution in [0.15, 0.2) is 41.7 Å². The Bertz CT molecular complexity index is 1300. The minimum Gasteiger partial charge on any atom is -0.493 e. The summed E-state index contributed by atoms with van der Waals surface area (Å²) in [6.45, 7) is 0.574. The normalized spacial score (nSPS) is 23.5. The summed E-state index contributed by atoms with van der Waals surface area (Å²) in [4.78, 5) is 5.93. The lowest BCUT2D eigenvalue weighted by molar-refractivity contribution is -0.192. The number of rotatable bonds is 5. The van der Waals surface area contributed by atoms with Crippen LogP contribution in [0.25, 0.3) is 0 Å². The fourth-order valence-electron chi connectivity index (χ4n) is 4.91. The van der Waals surface area contributed by atoms with Crippen molar-refractivity contribution in [3.63, 3.8) is 0 Å². The van der Waals surface area contributed by atoms with Gasteiger partial charge in [0.2, 0.25) is 5.13 Å². The third-order valence-electron chi connectivity index (χ3n) is 6.59. The standard InChI is InChI=1S/C21H23F3N6O3S2/c1-29-17(4-7-26-29)18-10-13(21(22,23)24)5-8-30(18)16-6-9-33-19-11-14(2-3-15(16)19)35(31,32)28-20-25-12-27-34-20/h2-4,7,11-13,16,18H,5-6,8-10H2,1H3,(H,25,27,28)/t13?,16-,18-/m1/s1. The van der Waals surface area contributed by atoms with E-state index in [0.29, 0.717) is 24.5 Å². The number of nitrogens with one attached hydrogen (secondary N) is 1. The third kappa shape index (κ3) is 4.74. The van der Waals surface area contributed by atoms with Gasteiger partial charge in [-0.25, -0.2) is 13.4 Å². The predicted octanol–water partition coefficient (Wildman–Crippen LogP) is 3.91. The van der Waals surface area contributed by atoms with Crippen LogP contribution in [-0.2, 0) is 17.1 Å². The van der Waals surface area contributed by atoms with Crippen molar-refractivity contribution in [2.45, 2.75) is 42.4 Å². The molecule has 1 saturated heterocycles. The number of halogens is 3. The first-order chi connectivity index (χ1) is 16.6. The zero-order valence-electron chi connectivity index (χ0n) is 18.6. The zero-order chi connectivity index (χ0) is 24.8. The molecule has 0 bridgehead atoms. The first-order valence-corrected chi connectivity index (χ1v) is 13.3. The van der Waals surface area contributed by atoms with Gasteiger partial charge in [-0.2, -0.15) is 22.6 Å². The van der Waals surface area contributed by atoms with Crippen LogP contribution in [0.4, 0.5) is 18.3 Å². The monoisotopic (exact) mass is 528 g/mol. The number of nitrogens with zero attached hydrogens (tertiary/aromatic N) is 5. The highest BCUT2D eigenvalue weighted by Gasteiger charge is 2.47. The lowest BCUT2D eigenvalue weighted by Gasteiger charge is -2.45. The van der Waals surface area contributed by atoms with Crippen molar-refractivity contribution < 1.29 is 26.3 Å². The van der Waals surface area contributed by atoms with Gasteiger partial charge in [-0.1, -0.05) is 6.07 Å². The van der Waals surface area contributed by atoms with Gasteiger partial charge in [0.25, 0.3) is 10.0 Å². The molecular weight excluding hydrogens is 505 g/mol. The van der Waals surface area contributed by atoms with Crippen LogP contribution in [0.2, 0.25) is 0 Å². The predicted molar refractivity (Wildman–Crippen MR) is 121 cm³/mol. The number of piperidine rings is 1. The number of hydrogen-bond donors (Lipinski definition) is 1. The van der Waals surface area contributed by atoms with E-state index in [2.05, 4.69) is 24.1 Å². The molecule has 0 spiro atoms. The topological polar surface area (TPSA) is 102 Å². The Morgan fingerprint density at radius 3 is 2.71 bits per heavy atom. The van der Waals surface area contributed by atoms with Gasteiger partial charge < -0.3 is 4.74 Å². The van der Waals surface area contributed by atoms with Crippen LogP contribution in [0.3, 0.4) is 0 Å². The molecule has 0 radical (unpaired) electrons. The molecular formula is C21H23F3N6O3S2. The first-order valence-electron chi connectivity index (χ1n) is 11.0. The number of likely N-dealkylation sites (tertiary alicyclic amines) is 1. The number of sulfonamides is 1. The summed E-state index contributed by atoms with van der Waals surface area (Å²) in [5.41, 5.74) is 1.47. The SMILES string of the molecule is Cn1nccc1[C@H]1CC(C(F)(F)F)CCN1[C@@H]1CCOc2cc(S(=O)(=O)Nc3ncns3)ccc21. The first kappa shape index (κ1) is 24.0. The second-order valence-corrected chi connectivity index (χ2v) is 11.1. The summed E-state index contributed by atoms with van der Waals surface area (Å²) >= 11 is 0.918. The number of ether oxygens (including phenoxy) is 1. The van der Waals surface area contributed by atoms with E-state index < -0.39 is 28.2 Å². The van der Waals surface area contributed by atoms with Crippen molar-refractivity contribution in [3.8, 4) is 5.75 Å². The summed E-state index contributed by atoms with van der Waals surface area (Å²) in [6.07, 6.45) is -0.905. The largest absolute Gasteiger partial charge is 0.493 e. The zero-order valence-corrected chi connectivity index (χ0v) is 20.3. The van der Waals surface area contributed by atoms with Crippen LogP contribution >= 0.6 is 11.5 Å². The van der Waals surface area contributed by atoms with E-state index in [1.165, 1.54) is 18.5 Å². The number of alkyl halides is 3. The van der Waals surface area contributed by atoms with Crippen molar-refractivity contribution in [3.05, 3.63) is 48.0 Å². The van der Waals surface area contributed by atoms with Crippen LogP contribution in [-0.4, -0.2) is 51.8 Å². The number of benzene rings is 1. The molecule has 9 nitrogen and oxygen atoms in total. The van der Waals surface area contributed by atoms with Crippen LogP contribution in [0.1, 0.15) is 42.6 Å². The van der Waals surface area contributed by atoms with Gasteiger partial charge in [-0.3, -0.25) is 14.3 Å². The smallest absolute Gasteiger partial charge is 0.391 e. The molecule has 2 aliphatic heterocycles. The van der Waals surface area contributed by atoms with Gasteiger partial charge in [0.05, 0.1) is 29.2 Å². The van der Waals surface area contributed by atoms with Gasteiger partial charge in [-0.15, -0.1) is 0 Å². The minimum atomic E-state index is -4.26. The van der Waals surface area contributed by atoms with Crippen molar-refractivity contribution in [2.24, 2.45) is 13.0 Å². The van der Waals surface area contributed by atoms with Gasteiger partial charge in [0, 0.05) is 55.4 Å². The molecule has 1 unspecified atom stereocenters. The molecule has 2 aromatic heterocycles. The molecule has 4 heterocycles. The maximum atomic E-state index is 13.6. The van der Waals surface area contributed by atoms with Crippen LogP contribution in [0.5, 0.6) is 5.75 Å². The number of hydrogen-bond acceptors (Lipinski definition) is 8. The maximum absolute atomic E-state index is 13.6. The van der Waals surface area contributed by atoms with Crippen molar-refractivity contribution in [1.29, 1.82) is 0 Å². The molecule has 14 heteroatoms. The minimum absolute atomic E-state index is 0.00275. The number of aromatic nitrogens is 4. The van der Waals surface area contributed by atoms with Crippen molar-refractivity contribution in [1.82, 2.24) is 24.0 Å². The summed E-state index contributed by atoms with van der Waals surface area (Å²) in [5.74, 6) is -0.986. The summed E-state index contributed by atoms with van der Waals surface area (Å²) < 4.78 is 80.0. The number of aryl methyl sites for hydroxylation is 1. The molecule has 1 fully saturated rings. The molecule has 35 heavy (non-hydrogen) atoms. The summed E-state index contributed by atoms with van der Waals surface area (Å²) in [6, 6.07) is 5.66. The van der Waals surface area contributed by atoms with E-state index in [4.69, 9.17) is 4.74 Å². The molecule has 0 aliphatic carbocycles. The Morgan fingerprint density at radius 2 is 2.03 bits per heavy atom. The van der Waals surface area contributed by atoms with Gasteiger partial charge in [0.15, 0.2) is 0 Å². The van der Waals surface area contributed by atoms with Crippen molar-refractivity contribution in [2.75, 3.05) is 17.9 Å². The highest BCUT2D eigenvalue weighted by molar-refractivity contribution is 7.93. The second kappa shape index (κ2) is 9.06. The highest BCUT2D eigenvalue weighted by Crippen LogP contribution is 2.48. The number of fused-ring (bicyclic) bond motifs is 1. The molecule has 5 rings (SSSR count). The Hall–Kier alpha value is -2.71. The van der Waals surface area contributed by atoms with Crippen LogP contribution < -0.4 is 9.46 Å². The van der Waals surface area contributed by atoms with Crippen LogP contribution in [0, 0.1) is 5.92 Å². The molecule has 3 atom stereocenters. The molecule has 0 amide bonds. The van der Waals surface area contributed by atoms with E-state index in [1.807, 2.05) is 0 Å². The lowest BCUT2D eigenvalue weighted by Crippen LogP contribution is -2.44. The molecule has 2 aliphatic rings. The van der Waals surface area contributed by atoms with Gasteiger partial charge >= 0.3 is 6.18 Å². The van der Waals surface area contributed by atoms with Crippen molar-refractivity contribution >= 4 is 26.7 Å². The quantitative estimate of drug-likeness (QED) is 0.536. The third-order valence-corrected chi connectivity index (χ3v) is 8.64. The maximum Gasteiger partial charge on any atom is 0.391 e. The fourth-order valence-corrected chi connectivity index (χ4v) is 6.59. The van der Waals surface area contributed by atoms with E-state index in [0.717, 1.165) is 17.1 Å². The molecule has 3 aromatic rings. The van der Waals surface area contributed by atoms with E-state index in [9.17, 15) is 21.6 Å². The Morgan fingerprint density at radius 1 is 1.20 bits per heavy atom. The average molecular weight is 529 g/mol. The van der Waals surface area contributed by atoms with Gasteiger partial charge in [-0.05, 0) is 25.0 Å². The van der Waals surface area contributed by atoms with E-state index >= 15 is 0 Å². The van der Waals surface area contributed by atoms with Gasteiger partial charge in [0.1, 0.15) is 12.1 Å². The lowest BCUT2D eigenvalue weighted by atomic mass is 9.85. The fraction of sp³-hybridized carbons (Fsp3) is 0.476. The Kier molecular flexibility index (Phi) is 6.21. The number of anilines is 1. The summed E-state index contributed by atoms with van der Waals surface area (Å²) in [5, 5.41) is 4.32. The summed E-state index contributed by atoms with van der Waals surface area (Å²) in [7, 11) is -2.18. The molecule has 0 saturated carbocycles. The Balaban J connectivity index is 1.46. The highest BCUT2D eigenvalue weighted by atomic mass is 32.2. The Labute approximate surface area is 204 Å². The second-order valence-electron chi connectivity index (χ2n) is 8.60. The molecule has 1 aromatic carbocycles. The van der Waals surface area contributed by atoms with E-state index in [-0.39, 0.29) is 35.5 Å².